The average molecular weight is 574 g/mol. The molecule has 0 spiro atoms. The van der Waals surface area contributed by atoms with Gasteiger partial charge in [0, 0.05) is 54.9 Å². The third-order valence-corrected chi connectivity index (χ3v) is 8.13. The minimum Gasteiger partial charge on any atom is -0.391 e. The summed E-state index contributed by atoms with van der Waals surface area (Å²) in [6.45, 7) is 7.62. The van der Waals surface area contributed by atoms with E-state index >= 15 is 0 Å². The molecule has 13 heteroatoms. The number of nitrogens with one attached hydrogen (secondary N) is 1. The van der Waals surface area contributed by atoms with E-state index in [1.807, 2.05) is 19.2 Å². The van der Waals surface area contributed by atoms with Crippen molar-refractivity contribution in [3.8, 4) is 0 Å². The van der Waals surface area contributed by atoms with Crippen LogP contribution < -0.4 is 9.62 Å². The van der Waals surface area contributed by atoms with Gasteiger partial charge in [-0.25, -0.2) is 17.9 Å². The van der Waals surface area contributed by atoms with Crippen molar-refractivity contribution in [2.24, 2.45) is 10.9 Å². The Bertz CT molecular complexity index is 1530. The third kappa shape index (κ3) is 5.73. The molecule has 2 aliphatic heterocycles. The number of aliphatic hydroxyl groups excluding tert-OH is 1. The molecule has 3 atom stereocenters. The maximum Gasteiger partial charge on any atom is 0.256 e. The smallest absolute Gasteiger partial charge is 0.256 e. The summed E-state index contributed by atoms with van der Waals surface area (Å²) in [7, 11) is -3.60. The number of piperidine rings is 1. The summed E-state index contributed by atoms with van der Waals surface area (Å²) in [5, 5.41) is 15.6. The van der Waals surface area contributed by atoms with E-state index in [4.69, 9.17) is 21.7 Å². The molecule has 2 fully saturated rings. The number of amides is 1. The molecule has 2 saturated heterocycles. The Morgan fingerprint density at radius 2 is 2.08 bits per heavy atom. The largest absolute Gasteiger partial charge is 0.391 e. The van der Waals surface area contributed by atoms with Gasteiger partial charge in [0.25, 0.3) is 5.91 Å². The Balaban J connectivity index is 1.46. The zero-order valence-electron chi connectivity index (χ0n) is 21.9. The number of carbonyl (C=O) groups is 1. The number of nitrogens with zero attached hydrogens (tertiary/aromatic N) is 6. The van der Waals surface area contributed by atoms with Crippen LogP contribution in [0.3, 0.4) is 0 Å². The zero-order chi connectivity index (χ0) is 27.9. The van der Waals surface area contributed by atoms with Gasteiger partial charge < -0.3 is 19.9 Å². The van der Waals surface area contributed by atoms with Gasteiger partial charge in [0.1, 0.15) is 5.82 Å². The van der Waals surface area contributed by atoms with Gasteiger partial charge in [0.15, 0.2) is 5.65 Å². The minimum atomic E-state index is -3.60. The number of rotatable bonds is 7. The minimum absolute atomic E-state index is 0.00998. The fraction of sp³-hybridized carbons (Fsp3) is 0.462. The van der Waals surface area contributed by atoms with E-state index < -0.39 is 16.1 Å². The van der Waals surface area contributed by atoms with E-state index in [0.29, 0.717) is 49.0 Å². The van der Waals surface area contributed by atoms with Gasteiger partial charge in [-0.15, -0.1) is 0 Å². The van der Waals surface area contributed by atoms with Crippen LogP contribution in [-0.2, 0) is 10.0 Å². The molecule has 11 nitrogen and oxygen atoms in total. The molecule has 1 aromatic carbocycles. The molecule has 208 valence electrons. The molecule has 0 bridgehead atoms. The van der Waals surface area contributed by atoms with Crippen molar-refractivity contribution in [2.45, 2.75) is 38.3 Å². The fourth-order valence-corrected chi connectivity index (χ4v) is 6.24. The highest BCUT2D eigenvalue weighted by Crippen LogP contribution is 2.35. The number of benzene rings is 1. The number of likely N-dealkylation sites (tertiary alicyclic amines) is 1. The lowest BCUT2D eigenvalue weighted by atomic mass is 9.98. The highest BCUT2D eigenvalue weighted by Gasteiger charge is 2.34. The Morgan fingerprint density at radius 1 is 1.28 bits per heavy atom. The molecule has 4 heterocycles. The lowest BCUT2D eigenvalue weighted by Crippen LogP contribution is -2.39. The molecular weight excluding hydrogens is 542 g/mol. The van der Waals surface area contributed by atoms with E-state index in [1.54, 1.807) is 15.5 Å². The Morgan fingerprint density at radius 3 is 2.82 bits per heavy atom. The molecule has 39 heavy (non-hydrogen) atoms. The summed E-state index contributed by atoms with van der Waals surface area (Å²) in [5.41, 5.74) is 2.65. The van der Waals surface area contributed by atoms with E-state index in [9.17, 15) is 18.3 Å². The van der Waals surface area contributed by atoms with Gasteiger partial charge in [-0.1, -0.05) is 11.6 Å². The Labute approximate surface area is 232 Å². The van der Waals surface area contributed by atoms with Gasteiger partial charge in [-0.3, -0.25) is 9.52 Å². The number of fused-ring (bicyclic) bond motifs is 1. The second-order valence-corrected chi connectivity index (χ2v) is 12.5. The van der Waals surface area contributed by atoms with E-state index in [-0.39, 0.29) is 29.1 Å². The van der Waals surface area contributed by atoms with Crippen LogP contribution in [-0.4, -0.2) is 84.2 Å². The van der Waals surface area contributed by atoms with E-state index in [1.165, 1.54) is 12.1 Å². The molecule has 3 unspecified atom stereocenters. The van der Waals surface area contributed by atoms with Crippen LogP contribution in [0.25, 0.3) is 5.65 Å². The normalized spacial score (nSPS) is 21.9. The van der Waals surface area contributed by atoms with Crippen LogP contribution in [0, 0.1) is 12.8 Å². The monoisotopic (exact) mass is 573 g/mol. The lowest BCUT2D eigenvalue weighted by Gasteiger charge is -2.35. The van der Waals surface area contributed by atoms with Crippen molar-refractivity contribution in [1.29, 1.82) is 0 Å². The van der Waals surface area contributed by atoms with Gasteiger partial charge in [-0.05, 0) is 51.1 Å². The number of aromatic nitrogens is 3. The molecule has 3 aromatic rings. The van der Waals surface area contributed by atoms with Gasteiger partial charge in [0.2, 0.25) is 10.0 Å². The van der Waals surface area contributed by atoms with Crippen LogP contribution in [0.4, 0.5) is 11.5 Å². The molecule has 0 saturated carbocycles. The number of β-amino-alcohol motifs (C(OH)–C–C–N with tert-alkyl or cyclic N) is 1. The SMILES string of the molecule is C=NCC1CN(c2nc3cc(C4CCCCN4C(=O)c4cc(Cl)ccc4NS(C)(=O)=O)nn3cc2C)CC1O. The molecule has 2 aromatic heterocycles. The maximum absolute atomic E-state index is 13.8. The van der Waals surface area contributed by atoms with Crippen molar-refractivity contribution in [2.75, 3.05) is 42.1 Å². The maximum atomic E-state index is 13.8. The van der Waals surface area contributed by atoms with Crippen molar-refractivity contribution >= 4 is 51.4 Å². The third-order valence-electron chi connectivity index (χ3n) is 7.31. The summed E-state index contributed by atoms with van der Waals surface area (Å²) in [6, 6.07) is 6.12. The number of anilines is 2. The fourth-order valence-electron chi connectivity index (χ4n) is 5.49. The standard InChI is InChI=1S/C26H32ClN7O4S/c1-16-13-34-24(29-25(16)32-14-17(12-28-2)23(35)15-32)11-21(30-34)22-6-4-5-9-33(22)26(36)19-10-18(27)7-8-20(19)31-39(3,37)38/h7-8,10-11,13,17,22-23,31,35H,2,4-6,9,12,14-15H2,1,3H3. The first-order valence-corrected chi connectivity index (χ1v) is 15.1. The zero-order valence-corrected chi connectivity index (χ0v) is 23.5. The van der Waals surface area contributed by atoms with Crippen LogP contribution in [0.2, 0.25) is 5.02 Å². The van der Waals surface area contributed by atoms with Gasteiger partial charge in [-0.2, -0.15) is 5.10 Å². The van der Waals surface area contributed by atoms with E-state index in [0.717, 1.165) is 30.5 Å². The van der Waals surface area contributed by atoms with E-state index in [2.05, 4.69) is 21.3 Å². The molecular formula is C26H32ClN7O4S. The Hall–Kier alpha value is -3.22. The Kier molecular flexibility index (Phi) is 7.53. The summed E-state index contributed by atoms with van der Waals surface area (Å²) >= 11 is 6.20. The molecule has 0 radical (unpaired) electrons. The number of hydrogen-bond donors (Lipinski definition) is 2. The van der Waals surface area contributed by atoms with Crippen molar-refractivity contribution in [1.82, 2.24) is 19.5 Å². The molecule has 5 rings (SSSR count). The average Bonchev–Trinajstić information content (AvgIpc) is 3.46. The molecule has 1 amide bonds. The number of sulfonamides is 1. The predicted molar refractivity (Wildman–Crippen MR) is 151 cm³/mol. The van der Waals surface area contributed by atoms with Crippen LogP contribution in [0.15, 0.2) is 35.5 Å². The number of hydrogen-bond acceptors (Lipinski definition) is 8. The first kappa shape index (κ1) is 27.4. The number of aliphatic hydroxyl groups is 1. The molecule has 2 N–H and O–H groups in total. The molecule has 2 aliphatic rings. The number of carbonyl (C=O) groups excluding carboxylic acids is 1. The predicted octanol–water partition coefficient (Wildman–Crippen LogP) is 2.93. The first-order valence-electron chi connectivity index (χ1n) is 12.8. The topological polar surface area (TPSA) is 132 Å². The quantitative estimate of drug-likeness (QED) is 0.415. The lowest BCUT2D eigenvalue weighted by molar-refractivity contribution is 0.0607. The first-order chi connectivity index (χ1) is 18.5. The number of halogens is 1. The second-order valence-electron chi connectivity index (χ2n) is 10.3. The van der Waals surface area contributed by atoms with Crippen molar-refractivity contribution in [3.05, 3.63) is 52.3 Å². The molecule has 0 aliphatic carbocycles. The highest BCUT2D eigenvalue weighted by atomic mass is 35.5. The van der Waals surface area contributed by atoms with Gasteiger partial charge in [0.05, 0.1) is 35.3 Å². The summed E-state index contributed by atoms with van der Waals surface area (Å²) in [4.78, 5) is 26.4. The van der Waals surface area contributed by atoms with Crippen LogP contribution in [0.1, 0.15) is 46.9 Å². The second kappa shape index (κ2) is 10.7. The highest BCUT2D eigenvalue weighted by molar-refractivity contribution is 7.92. The van der Waals surface area contributed by atoms with Gasteiger partial charge >= 0.3 is 0 Å². The number of aliphatic imine (C=N–C) groups is 1. The van der Waals surface area contributed by atoms with Crippen LogP contribution >= 0.6 is 11.6 Å². The van der Waals surface area contributed by atoms with Crippen molar-refractivity contribution < 1.29 is 18.3 Å². The van der Waals surface area contributed by atoms with Crippen LogP contribution in [0.5, 0.6) is 0 Å². The number of aryl methyl sites for hydroxylation is 1. The summed E-state index contributed by atoms with van der Waals surface area (Å²) in [5.74, 6) is 0.477. The summed E-state index contributed by atoms with van der Waals surface area (Å²) in [6.07, 6.45) is 4.92. The summed E-state index contributed by atoms with van der Waals surface area (Å²) < 4.78 is 28.0. The van der Waals surface area contributed by atoms with Crippen molar-refractivity contribution in [3.63, 3.8) is 0 Å².